The number of nitrogens with zero attached hydrogens (tertiary/aromatic N) is 1. The van der Waals surface area contributed by atoms with E-state index in [-0.39, 0.29) is 4.90 Å². The van der Waals surface area contributed by atoms with Gasteiger partial charge in [-0.15, -0.1) is 0 Å². The predicted octanol–water partition coefficient (Wildman–Crippen LogP) is 2.17. The number of rotatable bonds is 5. The van der Waals surface area contributed by atoms with Crippen LogP contribution in [0.25, 0.3) is 0 Å². The van der Waals surface area contributed by atoms with Crippen molar-refractivity contribution in [2.24, 2.45) is 0 Å². The van der Waals surface area contributed by atoms with Gasteiger partial charge in [-0.25, -0.2) is 8.42 Å². The summed E-state index contributed by atoms with van der Waals surface area (Å²) in [5, 5.41) is 0. The van der Waals surface area contributed by atoms with Crippen LogP contribution in [0, 0.1) is 13.8 Å². The summed E-state index contributed by atoms with van der Waals surface area (Å²) in [5.74, 6) is 0.345. The van der Waals surface area contributed by atoms with E-state index in [0.717, 1.165) is 11.1 Å². The lowest BCUT2D eigenvalue weighted by Crippen LogP contribution is -2.20. The number of benzene rings is 1. The fourth-order valence-corrected chi connectivity index (χ4v) is 2.72. The topological polar surface area (TPSA) is 46.6 Å². The van der Waals surface area contributed by atoms with E-state index in [4.69, 9.17) is 15.4 Å². The van der Waals surface area contributed by atoms with E-state index >= 15 is 0 Å². The second kappa shape index (κ2) is 5.91. The van der Waals surface area contributed by atoms with E-state index in [1.165, 1.54) is 6.07 Å². The first kappa shape index (κ1) is 15.3. The molecule has 4 nitrogen and oxygen atoms in total. The Labute approximate surface area is 113 Å². The average molecular weight is 292 g/mol. The zero-order valence-electron chi connectivity index (χ0n) is 11.0. The minimum Gasteiger partial charge on any atom is -0.491 e. The number of aryl methyl sites for hydroxylation is 2. The highest BCUT2D eigenvalue weighted by Crippen LogP contribution is 2.31. The van der Waals surface area contributed by atoms with Crippen molar-refractivity contribution in [3.8, 4) is 5.75 Å². The van der Waals surface area contributed by atoms with E-state index in [0.29, 0.717) is 18.9 Å². The van der Waals surface area contributed by atoms with Gasteiger partial charge in [-0.1, -0.05) is 6.07 Å². The highest BCUT2D eigenvalue weighted by Gasteiger charge is 2.19. The molecular formula is C12H18ClNO3S. The third kappa shape index (κ3) is 4.15. The molecule has 0 saturated carbocycles. The Morgan fingerprint density at radius 3 is 2.39 bits per heavy atom. The molecule has 0 bridgehead atoms. The number of hydrogen-bond acceptors (Lipinski definition) is 4. The zero-order valence-corrected chi connectivity index (χ0v) is 12.6. The highest BCUT2D eigenvalue weighted by atomic mass is 35.7. The maximum absolute atomic E-state index is 11.5. The Hall–Kier alpha value is -0.780. The third-order valence-electron chi connectivity index (χ3n) is 2.43. The molecule has 0 spiro atoms. The molecule has 0 unspecified atom stereocenters. The van der Waals surface area contributed by atoms with Crippen molar-refractivity contribution < 1.29 is 13.2 Å². The minimum absolute atomic E-state index is 0.0421. The number of ether oxygens (including phenoxy) is 1. The van der Waals surface area contributed by atoms with Gasteiger partial charge in [0.1, 0.15) is 17.3 Å². The van der Waals surface area contributed by atoms with E-state index in [1.807, 2.05) is 38.9 Å². The lowest BCUT2D eigenvalue weighted by Gasteiger charge is -2.15. The summed E-state index contributed by atoms with van der Waals surface area (Å²) in [6.45, 7) is 4.75. The summed E-state index contributed by atoms with van der Waals surface area (Å²) in [6.07, 6.45) is 0. The number of hydrogen-bond donors (Lipinski definition) is 0. The molecule has 0 saturated heterocycles. The van der Waals surface area contributed by atoms with E-state index in [2.05, 4.69) is 0 Å². The Morgan fingerprint density at radius 2 is 1.89 bits per heavy atom. The first-order valence-electron chi connectivity index (χ1n) is 5.55. The maximum atomic E-state index is 11.5. The fraction of sp³-hybridized carbons (Fsp3) is 0.500. The summed E-state index contributed by atoms with van der Waals surface area (Å²) in [4.78, 5) is 2.00. The second-order valence-electron chi connectivity index (χ2n) is 4.50. The molecule has 0 fully saturated rings. The van der Waals surface area contributed by atoms with Crippen LogP contribution in [0.3, 0.4) is 0 Å². The molecule has 0 amide bonds. The molecule has 0 N–H and O–H groups in total. The van der Waals surface area contributed by atoms with E-state index in [1.54, 1.807) is 0 Å². The van der Waals surface area contributed by atoms with Crippen molar-refractivity contribution in [3.63, 3.8) is 0 Å². The molecule has 0 aromatic heterocycles. The average Bonchev–Trinajstić information content (AvgIpc) is 2.18. The van der Waals surface area contributed by atoms with Crippen molar-refractivity contribution in [2.75, 3.05) is 27.2 Å². The van der Waals surface area contributed by atoms with Crippen LogP contribution in [-0.4, -0.2) is 40.6 Å². The third-order valence-corrected chi connectivity index (χ3v) is 3.76. The zero-order chi connectivity index (χ0) is 13.9. The van der Waals surface area contributed by atoms with Crippen LogP contribution >= 0.6 is 10.7 Å². The minimum atomic E-state index is -3.80. The van der Waals surface area contributed by atoms with Gasteiger partial charge in [0.25, 0.3) is 9.05 Å². The molecule has 18 heavy (non-hydrogen) atoms. The Bertz CT molecular complexity index is 526. The second-order valence-corrected chi connectivity index (χ2v) is 7.03. The summed E-state index contributed by atoms with van der Waals surface area (Å²) in [6, 6.07) is 3.40. The van der Waals surface area contributed by atoms with Crippen molar-refractivity contribution in [1.82, 2.24) is 4.90 Å². The van der Waals surface area contributed by atoms with Crippen LogP contribution in [0.4, 0.5) is 0 Å². The Balaban J connectivity index is 3.09. The molecule has 0 aliphatic rings. The summed E-state index contributed by atoms with van der Waals surface area (Å²) in [7, 11) is 5.48. The molecular weight excluding hydrogens is 274 g/mol. The van der Waals surface area contributed by atoms with Crippen molar-refractivity contribution in [1.29, 1.82) is 0 Å². The SMILES string of the molecule is Cc1cc(C)c(OCCN(C)C)c(S(=O)(=O)Cl)c1. The highest BCUT2D eigenvalue weighted by molar-refractivity contribution is 8.13. The predicted molar refractivity (Wildman–Crippen MR) is 73.0 cm³/mol. The molecule has 1 aromatic carbocycles. The molecule has 1 rings (SSSR count). The Kier molecular flexibility index (Phi) is 5.01. The van der Waals surface area contributed by atoms with Crippen molar-refractivity contribution in [3.05, 3.63) is 23.3 Å². The molecule has 0 radical (unpaired) electrons. The summed E-state index contributed by atoms with van der Waals surface area (Å²) < 4.78 is 28.6. The number of halogens is 1. The first-order valence-corrected chi connectivity index (χ1v) is 7.86. The normalized spacial score (nSPS) is 11.9. The largest absolute Gasteiger partial charge is 0.491 e. The maximum Gasteiger partial charge on any atom is 0.265 e. The Morgan fingerprint density at radius 1 is 1.28 bits per heavy atom. The van der Waals surface area contributed by atoms with Gasteiger partial charge in [0.2, 0.25) is 0 Å². The molecule has 0 aliphatic carbocycles. The van der Waals surface area contributed by atoms with E-state index < -0.39 is 9.05 Å². The van der Waals surface area contributed by atoms with Crippen molar-refractivity contribution in [2.45, 2.75) is 18.7 Å². The van der Waals surface area contributed by atoms with Crippen LogP contribution < -0.4 is 4.74 Å². The molecule has 0 aliphatic heterocycles. The van der Waals surface area contributed by atoms with Gasteiger partial charge in [0.05, 0.1) is 0 Å². The molecule has 0 heterocycles. The van der Waals surface area contributed by atoms with Crippen LogP contribution in [0.1, 0.15) is 11.1 Å². The van der Waals surface area contributed by atoms with Crippen LogP contribution in [0.2, 0.25) is 0 Å². The number of likely N-dealkylation sites (N-methyl/N-ethyl adjacent to an activating group) is 1. The first-order chi connectivity index (χ1) is 8.21. The van der Waals surface area contributed by atoms with Gasteiger partial charge in [-0.2, -0.15) is 0 Å². The van der Waals surface area contributed by atoms with Gasteiger partial charge < -0.3 is 9.64 Å². The standard InChI is InChI=1S/C12H18ClNO3S/c1-9-7-10(2)12(17-6-5-14(3)4)11(8-9)18(13,15)16/h7-8H,5-6H2,1-4H3. The molecule has 0 atom stereocenters. The van der Waals surface area contributed by atoms with Gasteiger partial charge in [0.15, 0.2) is 0 Å². The van der Waals surface area contributed by atoms with Gasteiger partial charge in [-0.05, 0) is 45.1 Å². The molecule has 102 valence electrons. The smallest absolute Gasteiger partial charge is 0.265 e. The van der Waals surface area contributed by atoms with Gasteiger partial charge in [0, 0.05) is 17.2 Å². The van der Waals surface area contributed by atoms with E-state index in [9.17, 15) is 8.42 Å². The van der Waals surface area contributed by atoms with Crippen LogP contribution in [-0.2, 0) is 9.05 Å². The lowest BCUT2D eigenvalue weighted by atomic mass is 10.1. The lowest BCUT2D eigenvalue weighted by molar-refractivity contribution is 0.255. The molecule has 1 aromatic rings. The summed E-state index contributed by atoms with van der Waals surface area (Å²) >= 11 is 0. The molecule has 6 heteroatoms. The van der Waals surface area contributed by atoms with Gasteiger partial charge in [-0.3, -0.25) is 0 Å². The quantitative estimate of drug-likeness (QED) is 0.780. The van der Waals surface area contributed by atoms with Crippen LogP contribution in [0.15, 0.2) is 17.0 Å². The fourth-order valence-electron chi connectivity index (χ4n) is 1.61. The van der Waals surface area contributed by atoms with Crippen LogP contribution in [0.5, 0.6) is 5.75 Å². The summed E-state index contributed by atoms with van der Waals surface area (Å²) in [5.41, 5.74) is 1.61. The van der Waals surface area contributed by atoms with Crippen molar-refractivity contribution >= 4 is 19.7 Å². The van der Waals surface area contributed by atoms with Gasteiger partial charge >= 0.3 is 0 Å². The monoisotopic (exact) mass is 291 g/mol.